The monoisotopic (exact) mass is 414 g/mol. The highest BCUT2D eigenvalue weighted by atomic mass is 16.7. The molecule has 0 unspecified atom stereocenters. The number of hydrogen-bond donors (Lipinski definition) is 1. The van der Waals surface area contributed by atoms with Gasteiger partial charge in [-0.2, -0.15) is 5.26 Å². The van der Waals surface area contributed by atoms with E-state index in [2.05, 4.69) is 11.4 Å². The van der Waals surface area contributed by atoms with Crippen LogP contribution in [0.3, 0.4) is 0 Å². The molecular formula is C24H18N2O5. The molecule has 1 aliphatic rings. The highest BCUT2D eigenvalue weighted by Gasteiger charge is 2.23. The van der Waals surface area contributed by atoms with E-state index in [0.29, 0.717) is 33.9 Å². The predicted octanol–water partition coefficient (Wildman–Crippen LogP) is 4.14. The number of nitrogens with one attached hydrogen (secondary N) is 1. The first-order chi connectivity index (χ1) is 15.1. The van der Waals surface area contributed by atoms with Gasteiger partial charge in [-0.15, -0.1) is 0 Å². The second kappa shape index (κ2) is 8.59. The molecular weight excluding hydrogens is 396 g/mol. The molecule has 7 heteroatoms. The zero-order chi connectivity index (χ0) is 21.8. The van der Waals surface area contributed by atoms with Crippen molar-refractivity contribution < 1.29 is 23.8 Å². The lowest BCUT2D eigenvalue weighted by atomic mass is 9.96. The number of carbonyl (C=O) groups excluding carboxylic acids is 2. The lowest BCUT2D eigenvalue weighted by Gasteiger charge is -2.16. The summed E-state index contributed by atoms with van der Waals surface area (Å²) >= 11 is 0. The number of esters is 1. The number of amides is 1. The van der Waals surface area contributed by atoms with Gasteiger partial charge in [0.15, 0.2) is 17.6 Å². The summed E-state index contributed by atoms with van der Waals surface area (Å²) in [5, 5.41) is 12.1. The van der Waals surface area contributed by atoms with E-state index >= 15 is 0 Å². The van der Waals surface area contributed by atoms with E-state index in [9.17, 15) is 14.9 Å². The number of rotatable bonds is 5. The van der Waals surface area contributed by atoms with Crippen LogP contribution in [0.5, 0.6) is 11.5 Å². The first kappa shape index (κ1) is 20.0. The molecule has 0 aliphatic carbocycles. The molecule has 0 fully saturated rings. The van der Waals surface area contributed by atoms with Crippen LogP contribution in [0, 0.1) is 11.3 Å². The number of benzene rings is 3. The van der Waals surface area contributed by atoms with Gasteiger partial charge in [0.25, 0.3) is 5.91 Å². The first-order valence-corrected chi connectivity index (χ1v) is 9.57. The number of nitriles is 1. The molecule has 0 bridgehead atoms. The van der Waals surface area contributed by atoms with E-state index in [-0.39, 0.29) is 12.4 Å². The average molecular weight is 414 g/mol. The predicted molar refractivity (Wildman–Crippen MR) is 113 cm³/mol. The van der Waals surface area contributed by atoms with Crippen LogP contribution >= 0.6 is 0 Å². The topological polar surface area (TPSA) is 97.7 Å². The van der Waals surface area contributed by atoms with Crippen molar-refractivity contribution in [2.75, 3.05) is 12.1 Å². The minimum Gasteiger partial charge on any atom is -0.454 e. The molecule has 3 aromatic rings. The fraction of sp³-hybridized carbons (Fsp3) is 0.125. The van der Waals surface area contributed by atoms with E-state index < -0.39 is 18.0 Å². The Morgan fingerprint density at radius 3 is 2.52 bits per heavy atom. The summed E-state index contributed by atoms with van der Waals surface area (Å²) in [5.41, 5.74) is 2.40. The molecule has 0 spiro atoms. The van der Waals surface area contributed by atoms with Gasteiger partial charge in [-0.3, -0.25) is 4.79 Å². The van der Waals surface area contributed by atoms with Crippen molar-refractivity contribution in [2.24, 2.45) is 0 Å². The van der Waals surface area contributed by atoms with Gasteiger partial charge >= 0.3 is 5.97 Å². The zero-order valence-corrected chi connectivity index (χ0v) is 16.6. The Bertz CT molecular complexity index is 1200. The molecule has 31 heavy (non-hydrogen) atoms. The second-order valence-electron chi connectivity index (χ2n) is 6.81. The van der Waals surface area contributed by atoms with E-state index in [1.165, 1.54) is 6.92 Å². The van der Waals surface area contributed by atoms with E-state index in [0.717, 1.165) is 0 Å². The van der Waals surface area contributed by atoms with Crippen molar-refractivity contribution in [2.45, 2.75) is 13.0 Å². The molecule has 0 saturated carbocycles. The largest absolute Gasteiger partial charge is 0.454 e. The molecule has 1 heterocycles. The standard InChI is InChI=1S/C24H18N2O5/c1-15(23(27)26-17-10-11-21-22(12-17)30-14-29-21)31-24(28)20-9-5-4-8-19(20)18-7-3-2-6-16(18)13-25/h2-12,15H,14H2,1H3,(H,26,27)/t15-/m1/s1. The molecule has 0 aromatic heterocycles. The normalized spacial score (nSPS) is 12.5. The molecule has 1 amide bonds. The van der Waals surface area contributed by atoms with Crippen LogP contribution in [0.25, 0.3) is 11.1 Å². The summed E-state index contributed by atoms with van der Waals surface area (Å²) < 4.78 is 16.0. The number of ether oxygens (including phenoxy) is 3. The summed E-state index contributed by atoms with van der Waals surface area (Å²) in [6, 6.07) is 20.9. The van der Waals surface area contributed by atoms with Gasteiger partial charge in [-0.25, -0.2) is 4.79 Å². The third-order valence-corrected chi connectivity index (χ3v) is 4.78. The Labute approximate surface area is 178 Å². The Morgan fingerprint density at radius 1 is 1.00 bits per heavy atom. The minimum absolute atomic E-state index is 0.134. The SMILES string of the molecule is C[C@@H](OC(=O)c1ccccc1-c1ccccc1C#N)C(=O)Nc1ccc2c(c1)OCO2. The molecule has 154 valence electrons. The Balaban J connectivity index is 1.49. The van der Waals surface area contributed by atoms with Crippen molar-refractivity contribution in [3.63, 3.8) is 0 Å². The summed E-state index contributed by atoms with van der Waals surface area (Å²) in [7, 11) is 0. The zero-order valence-electron chi connectivity index (χ0n) is 16.6. The van der Waals surface area contributed by atoms with Gasteiger partial charge in [-0.05, 0) is 36.8 Å². The van der Waals surface area contributed by atoms with E-state index in [1.54, 1.807) is 66.7 Å². The maximum atomic E-state index is 12.8. The molecule has 1 atom stereocenters. The van der Waals surface area contributed by atoms with Crippen molar-refractivity contribution in [1.82, 2.24) is 0 Å². The van der Waals surface area contributed by atoms with Crippen LogP contribution in [0.4, 0.5) is 5.69 Å². The van der Waals surface area contributed by atoms with Crippen LogP contribution < -0.4 is 14.8 Å². The first-order valence-electron chi connectivity index (χ1n) is 9.57. The molecule has 7 nitrogen and oxygen atoms in total. The Kier molecular flexibility index (Phi) is 5.54. The molecule has 0 saturated heterocycles. The molecule has 1 aliphatic heterocycles. The molecule has 0 radical (unpaired) electrons. The lowest BCUT2D eigenvalue weighted by Crippen LogP contribution is -2.30. The summed E-state index contributed by atoms with van der Waals surface area (Å²) in [4.78, 5) is 25.4. The molecule has 4 rings (SSSR count). The number of carbonyl (C=O) groups is 2. The number of fused-ring (bicyclic) bond motifs is 1. The van der Waals surface area contributed by atoms with Crippen LogP contribution in [0.1, 0.15) is 22.8 Å². The maximum absolute atomic E-state index is 12.8. The van der Waals surface area contributed by atoms with Gasteiger partial charge in [-0.1, -0.05) is 36.4 Å². The van der Waals surface area contributed by atoms with Crippen LogP contribution in [0.15, 0.2) is 66.7 Å². The minimum atomic E-state index is -1.04. The summed E-state index contributed by atoms with van der Waals surface area (Å²) in [6.45, 7) is 1.63. The second-order valence-corrected chi connectivity index (χ2v) is 6.81. The Morgan fingerprint density at radius 2 is 1.71 bits per heavy atom. The lowest BCUT2D eigenvalue weighted by molar-refractivity contribution is -0.123. The Hall–Kier alpha value is -4.31. The van der Waals surface area contributed by atoms with Crippen molar-refractivity contribution in [1.29, 1.82) is 5.26 Å². The fourth-order valence-corrected chi connectivity index (χ4v) is 3.21. The number of hydrogen-bond acceptors (Lipinski definition) is 6. The summed E-state index contributed by atoms with van der Waals surface area (Å²) in [5.74, 6) is -0.00179. The molecule has 1 N–H and O–H groups in total. The fourth-order valence-electron chi connectivity index (χ4n) is 3.21. The van der Waals surface area contributed by atoms with Crippen LogP contribution in [0.2, 0.25) is 0 Å². The van der Waals surface area contributed by atoms with Gasteiger partial charge in [0.05, 0.1) is 17.2 Å². The molecule has 3 aromatic carbocycles. The van der Waals surface area contributed by atoms with Crippen molar-refractivity contribution in [3.8, 4) is 28.7 Å². The van der Waals surface area contributed by atoms with Gasteiger partial charge < -0.3 is 19.5 Å². The quantitative estimate of drug-likeness (QED) is 0.630. The third kappa shape index (κ3) is 4.19. The number of anilines is 1. The third-order valence-electron chi connectivity index (χ3n) is 4.78. The van der Waals surface area contributed by atoms with E-state index in [1.807, 2.05) is 0 Å². The van der Waals surface area contributed by atoms with Crippen molar-refractivity contribution >= 4 is 17.6 Å². The number of nitrogens with zero attached hydrogens (tertiary/aromatic N) is 1. The summed E-state index contributed by atoms with van der Waals surface area (Å²) in [6.07, 6.45) is -1.04. The highest BCUT2D eigenvalue weighted by molar-refractivity contribution is 6.01. The smallest absolute Gasteiger partial charge is 0.339 e. The van der Waals surface area contributed by atoms with Gasteiger partial charge in [0.1, 0.15) is 0 Å². The average Bonchev–Trinajstić information content (AvgIpc) is 3.27. The van der Waals surface area contributed by atoms with Crippen LogP contribution in [-0.4, -0.2) is 24.8 Å². The highest BCUT2D eigenvalue weighted by Crippen LogP contribution is 2.34. The van der Waals surface area contributed by atoms with Gasteiger partial charge in [0, 0.05) is 17.3 Å². The van der Waals surface area contributed by atoms with E-state index in [4.69, 9.17) is 14.2 Å². The van der Waals surface area contributed by atoms with Gasteiger partial charge in [0.2, 0.25) is 6.79 Å². The van der Waals surface area contributed by atoms with Crippen molar-refractivity contribution in [3.05, 3.63) is 77.9 Å². The van der Waals surface area contributed by atoms with Crippen LogP contribution in [-0.2, 0) is 9.53 Å². The maximum Gasteiger partial charge on any atom is 0.339 e.